The topological polar surface area (TPSA) is 73.2 Å². The number of hydrogen-bond donors (Lipinski definition) is 1. The van der Waals surface area contributed by atoms with Gasteiger partial charge in [-0.25, -0.2) is 0 Å². The zero-order chi connectivity index (χ0) is 18.1. The van der Waals surface area contributed by atoms with Gasteiger partial charge in [0.1, 0.15) is 10.6 Å². The summed E-state index contributed by atoms with van der Waals surface area (Å²) in [6.45, 7) is 10.9. The van der Waals surface area contributed by atoms with Crippen molar-refractivity contribution in [2.45, 2.75) is 62.9 Å². The molecule has 0 radical (unpaired) electrons. The molecule has 1 aromatic rings. The molecule has 6 nitrogen and oxygen atoms in total. The first-order chi connectivity index (χ1) is 11.0. The minimum absolute atomic E-state index is 0.0103. The van der Waals surface area contributed by atoms with Gasteiger partial charge in [0, 0.05) is 47.8 Å². The van der Waals surface area contributed by atoms with Crippen molar-refractivity contribution < 1.29 is 13.7 Å². The van der Waals surface area contributed by atoms with Crippen LogP contribution < -0.4 is 5.32 Å². The molecule has 7 heteroatoms. The van der Waals surface area contributed by atoms with Gasteiger partial charge >= 0.3 is 0 Å². The highest BCUT2D eigenvalue weighted by atomic mass is 32.2. The number of hydrogen-bond acceptors (Lipinski definition) is 4. The first-order valence-electron chi connectivity index (χ1n) is 8.38. The van der Waals surface area contributed by atoms with E-state index in [1.165, 1.54) is 0 Å². The average Bonchev–Trinajstić information content (AvgIpc) is 2.88. The second-order valence-corrected chi connectivity index (χ2v) is 10.1. The van der Waals surface area contributed by atoms with Crippen molar-refractivity contribution in [3.05, 3.63) is 11.8 Å². The van der Waals surface area contributed by atoms with Crippen molar-refractivity contribution in [3.63, 3.8) is 0 Å². The normalized spacial score (nSPS) is 18.4. The second kappa shape index (κ2) is 6.96. The highest BCUT2D eigenvalue weighted by Crippen LogP contribution is 2.27. The monoisotopic (exact) mass is 355 g/mol. The van der Waals surface area contributed by atoms with Crippen LogP contribution in [0.3, 0.4) is 0 Å². The number of carbonyl (C=O) groups excluding carboxylic acids is 1. The van der Waals surface area contributed by atoms with E-state index in [1.807, 2.05) is 6.07 Å². The van der Waals surface area contributed by atoms with Gasteiger partial charge in [-0.2, -0.15) is 5.10 Å². The quantitative estimate of drug-likeness (QED) is 0.900. The predicted octanol–water partition coefficient (Wildman–Crippen LogP) is 2.36. The molecule has 2 rings (SSSR count). The van der Waals surface area contributed by atoms with Crippen LogP contribution in [-0.4, -0.2) is 43.1 Å². The van der Waals surface area contributed by atoms with Crippen LogP contribution in [0.5, 0.6) is 0 Å². The summed E-state index contributed by atoms with van der Waals surface area (Å²) in [5.41, 5.74) is 0.810. The molecule has 24 heavy (non-hydrogen) atoms. The average molecular weight is 356 g/mol. The summed E-state index contributed by atoms with van der Waals surface area (Å²) < 4.78 is 18.9. The molecule has 1 N–H and O–H groups in total. The molecule has 136 valence electrons. The molecule has 0 aromatic carbocycles. The van der Waals surface area contributed by atoms with Crippen molar-refractivity contribution in [2.75, 3.05) is 18.5 Å². The van der Waals surface area contributed by atoms with Crippen molar-refractivity contribution in [1.82, 2.24) is 9.78 Å². The van der Waals surface area contributed by atoms with E-state index in [4.69, 9.17) is 4.74 Å². The third-order valence-electron chi connectivity index (χ3n) is 4.41. The summed E-state index contributed by atoms with van der Waals surface area (Å²) in [7, 11) is 0.540. The lowest BCUT2D eigenvalue weighted by molar-refractivity contribution is -0.117. The Bertz CT molecular complexity index is 626. The highest BCUT2D eigenvalue weighted by molar-refractivity contribution is 7.87. The van der Waals surface area contributed by atoms with Crippen LogP contribution >= 0.6 is 0 Å². The Balaban J connectivity index is 2.13. The fraction of sp³-hybridized carbons (Fsp3) is 0.765. The van der Waals surface area contributed by atoms with Gasteiger partial charge in [0.25, 0.3) is 0 Å². The van der Waals surface area contributed by atoms with Gasteiger partial charge in [-0.1, -0.05) is 20.8 Å². The Morgan fingerprint density at radius 3 is 2.38 bits per heavy atom. The van der Waals surface area contributed by atoms with E-state index >= 15 is 0 Å². The molecule has 1 saturated heterocycles. The minimum atomic E-state index is -1.26. The van der Waals surface area contributed by atoms with Gasteiger partial charge in [-0.3, -0.25) is 13.7 Å². The van der Waals surface area contributed by atoms with E-state index in [2.05, 4.69) is 31.2 Å². The summed E-state index contributed by atoms with van der Waals surface area (Å²) in [6.07, 6.45) is 1.48. The number of rotatable bonds is 4. The Kier molecular flexibility index (Phi) is 5.54. The number of anilines is 1. The number of ether oxygens (including phenoxy) is 1. The SMILES string of the molecule is Cn1nc(C(C)(C)C)cc1NC(=O)C(C)(C)[S@@](=O)C1CCOCC1. The van der Waals surface area contributed by atoms with E-state index in [9.17, 15) is 9.00 Å². The summed E-state index contributed by atoms with van der Waals surface area (Å²) in [5.74, 6) is 0.387. The van der Waals surface area contributed by atoms with Crippen LogP contribution in [0.1, 0.15) is 53.2 Å². The summed E-state index contributed by atoms with van der Waals surface area (Å²) in [4.78, 5) is 12.8. The third kappa shape index (κ3) is 4.06. The smallest absolute Gasteiger partial charge is 0.243 e. The van der Waals surface area contributed by atoms with E-state index in [1.54, 1.807) is 25.6 Å². The van der Waals surface area contributed by atoms with E-state index in [-0.39, 0.29) is 16.6 Å². The molecule has 0 spiro atoms. The molecule has 0 saturated carbocycles. The fourth-order valence-corrected chi connectivity index (χ4v) is 4.30. The van der Waals surface area contributed by atoms with Crippen LogP contribution in [0, 0.1) is 0 Å². The summed E-state index contributed by atoms with van der Waals surface area (Å²) in [6, 6.07) is 1.88. The first kappa shape index (κ1) is 19.1. The standard InChI is InChI=1S/C17H29N3O3S/c1-16(2,3)13-11-14(20(6)19-13)18-15(21)17(4,5)24(22)12-7-9-23-10-8-12/h11-12H,7-10H2,1-6H3,(H,18,21)/t24-/m0/s1. The van der Waals surface area contributed by atoms with Crippen LogP contribution in [0.25, 0.3) is 0 Å². The molecule has 0 bridgehead atoms. The highest BCUT2D eigenvalue weighted by Gasteiger charge is 2.39. The lowest BCUT2D eigenvalue weighted by Crippen LogP contribution is -2.46. The molecule has 1 aromatic heterocycles. The molecule has 1 fully saturated rings. The van der Waals surface area contributed by atoms with Crippen molar-refractivity contribution in [1.29, 1.82) is 0 Å². The van der Waals surface area contributed by atoms with E-state index in [0.29, 0.717) is 19.0 Å². The number of nitrogens with one attached hydrogen (secondary N) is 1. The fourth-order valence-electron chi connectivity index (χ4n) is 2.62. The van der Waals surface area contributed by atoms with Gasteiger partial charge in [-0.15, -0.1) is 0 Å². The van der Waals surface area contributed by atoms with Gasteiger partial charge in [0.2, 0.25) is 5.91 Å². The maximum absolute atomic E-state index is 12.9. The van der Waals surface area contributed by atoms with Crippen LogP contribution in [-0.2, 0) is 32.8 Å². The number of nitrogens with zero attached hydrogens (tertiary/aromatic N) is 2. The Hall–Kier alpha value is -1.21. The zero-order valence-electron chi connectivity index (χ0n) is 15.5. The number of carbonyl (C=O) groups is 1. The molecular formula is C17H29N3O3S. The van der Waals surface area contributed by atoms with Gasteiger partial charge in [0.15, 0.2) is 0 Å². The Labute approximate surface area is 146 Å². The van der Waals surface area contributed by atoms with Crippen molar-refractivity contribution in [2.24, 2.45) is 7.05 Å². The van der Waals surface area contributed by atoms with Crippen LogP contribution in [0.2, 0.25) is 0 Å². The Morgan fingerprint density at radius 1 is 1.29 bits per heavy atom. The lowest BCUT2D eigenvalue weighted by Gasteiger charge is -2.30. The summed E-state index contributed by atoms with van der Waals surface area (Å²) >= 11 is 0. The molecule has 0 aliphatic carbocycles. The first-order valence-corrected chi connectivity index (χ1v) is 9.59. The molecule has 1 aliphatic heterocycles. The number of aromatic nitrogens is 2. The molecule has 2 heterocycles. The van der Waals surface area contributed by atoms with Gasteiger partial charge in [0.05, 0.1) is 5.69 Å². The van der Waals surface area contributed by atoms with Crippen molar-refractivity contribution >= 4 is 22.5 Å². The maximum Gasteiger partial charge on any atom is 0.243 e. The van der Waals surface area contributed by atoms with E-state index in [0.717, 1.165) is 18.5 Å². The minimum Gasteiger partial charge on any atom is -0.381 e. The number of amides is 1. The predicted molar refractivity (Wildman–Crippen MR) is 96.6 cm³/mol. The molecule has 0 unspecified atom stereocenters. The number of aryl methyl sites for hydroxylation is 1. The van der Waals surface area contributed by atoms with E-state index < -0.39 is 15.5 Å². The maximum atomic E-state index is 12.9. The Morgan fingerprint density at radius 2 is 1.88 bits per heavy atom. The van der Waals surface area contributed by atoms with Gasteiger partial charge < -0.3 is 10.1 Å². The molecule has 1 amide bonds. The van der Waals surface area contributed by atoms with Crippen LogP contribution in [0.4, 0.5) is 5.82 Å². The van der Waals surface area contributed by atoms with Crippen molar-refractivity contribution in [3.8, 4) is 0 Å². The van der Waals surface area contributed by atoms with Gasteiger partial charge in [-0.05, 0) is 26.7 Å². The summed E-state index contributed by atoms with van der Waals surface area (Å²) in [5, 5.41) is 7.37. The third-order valence-corrected chi connectivity index (χ3v) is 6.68. The molecule has 1 aliphatic rings. The molecule has 1 atom stereocenters. The largest absolute Gasteiger partial charge is 0.381 e. The zero-order valence-corrected chi connectivity index (χ0v) is 16.3. The second-order valence-electron chi connectivity index (χ2n) is 7.86. The lowest BCUT2D eigenvalue weighted by atomic mass is 9.92. The van der Waals surface area contributed by atoms with Crippen LogP contribution in [0.15, 0.2) is 6.07 Å². The molecular weight excluding hydrogens is 326 g/mol.